The van der Waals surface area contributed by atoms with Crippen LogP contribution in [0.2, 0.25) is 0 Å². The van der Waals surface area contributed by atoms with Gasteiger partial charge in [0.1, 0.15) is 6.73 Å². The van der Waals surface area contributed by atoms with Gasteiger partial charge in [0.25, 0.3) is 0 Å². The average Bonchev–Trinajstić information content (AvgIpc) is 1.90. The molecule has 44 valence electrons. The number of hydrogen-bond donors (Lipinski definition) is 1. The lowest BCUT2D eigenvalue weighted by Gasteiger charge is -2.14. The first-order chi connectivity index (χ1) is 3.93. The van der Waals surface area contributed by atoms with E-state index in [0.717, 1.165) is 6.54 Å². The van der Waals surface area contributed by atoms with Gasteiger partial charge >= 0.3 is 0 Å². The standard InChI is InChI=1S/C5H8N2O/c8-5-7-3-1-2-6-4-7/h1-2,4,8H,3,5H2. The maximum atomic E-state index is 8.49. The summed E-state index contributed by atoms with van der Waals surface area (Å²) in [7, 11) is 0. The molecule has 0 saturated carbocycles. The third kappa shape index (κ3) is 1.07. The Kier molecular flexibility index (Phi) is 1.64. The quantitative estimate of drug-likeness (QED) is 0.509. The van der Waals surface area contributed by atoms with Gasteiger partial charge < -0.3 is 10.0 Å². The fraction of sp³-hybridized carbons (Fsp3) is 0.400. The van der Waals surface area contributed by atoms with E-state index in [9.17, 15) is 0 Å². The number of rotatable bonds is 1. The van der Waals surface area contributed by atoms with Crippen molar-refractivity contribution in [1.29, 1.82) is 0 Å². The summed E-state index contributed by atoms with van der Waals surface area (Å²) in [5.41, 5.74) is 0. The summed E-state index contributed by atoms with van der Waals surface area (Å²) in [6, 6.07) is 0. The van der Waals surface area contributed by atoms with Crippen LogP contribution in [0.25, 0.3) is 0 Å². The van der Waals surface area contributed by atoms with Gasteiger partial charge in [0, 0.05) is 12.7 Å². The van der Waals surface area contributed by atoms with Gasteiger partial charge in [-0.05, 0) is 6.08 Å². The first-order valence-corrected chi connectivity index (χ1v) is 2.46. The van der Waals surface area contributed by atoms with Crippen molar-refractivity contribution in [3.8, 4) is 0 Å². The van der Waals surface area contributed by atoms with Gasteiger partial charge in [-0.15, -0.1) is 0 Å². The highest BCUT2D eigenvalue weighted by atomic mass is 16.3. The van der Waals surface area contributed by atoms with Crippen LogP contribution in [0.3, 0.4) is 0 Å². The second kappa shape index (κ2) is 2.47. The molecule has 0 spiro atoms. The van der Waals surface area contributed by atoms with E-state index in [1.165, 1.54) is 0 Å². The third-order valence-corrected chi connectivity index (χ3v) is 0.943. The summed E-state index contributed by atoms with van der Waals surface area (Å²) >= 11 is 0. The molecule has 3 heteroatoms. The number of aliphatic hydroxyl groups is 1. The average molecular weight is 112 g/mol. The van der Waals surface area contributed by atoms with Gasteiger partial charge in [-0.3, -0.25) is 0 Å². The van der Waals surface area contributed by atoms with E-state index in [4.69, 9.17) is 5.11 Å². The minimum absolute atomic E-state index is 0.0494. The molecule has 1 N–H and O–H groups in total. The van der Waals surface area contributed by atoms with Crippen molar-refractivity contribution in [3.05, 3.63) is 12.3 Å². The Bertz CT molecular complexity index is 120. The highest BCUT2D eigenvalue weighted by Crippen LogP contribution is 1.89. The van der Waals surface area contributed by atoms with E-state index in [2.05, 4.69) is 4.99 Å². The van der Waals surface area contributed by atoms with Crippen LogP contribution in [0.5, 0.6) is 0 Å². The minimum atomic E-state index is 0.0494. The Balaban J connectivity index is 2.40. The predicted octanol–water partition coefficient (Wildman–Crippen LogP) is -0.206. The summed E-state index contributed by atoms with van der Waals surface area (Å²) < 4.78 is 0. The molecule has 0 bridgehead atoms. The molecular weight excluding hydrogens is 104 g/mol. The molecule has 0 atom stereocenters. The number of nitrogens with zero attached hydrogens (tertiary/aromatic N) is 2. The lowest BCUT2D eigenvalue weighted by atomic mass is 10.5. The molecule has 1 rings (SSSR count). The van der Waals surface area contributed by atoms with Gasteiger partial charge in [-0.2, -0.15) is 0 Å². The lowest BCUT2D eigenvalue weighted by Crippen LogP contribution is -2.24. The van der Waals surface area contributed by atoms with Crippen LogP contribution >= 0.6 is 0 Å². The first-order valence-electron chi connectivity index (χ1n) is 2.46. The molecule has 0 aromatic heterocycles. The Morgan fingerprint density at radius 1 is 1.75 bits per heavy atom. The fourth-order valence-corrected chi connectivity index (χ4v) is 0.518. The Labute approximate surface area is 48.0 Å². The van der Waals surface area contributed by atoms with Gasteiger partial charge in [-0.1, -0.05) is 0 Å². The summed E-state index contributed by atoms with van der Waals surface area (Å²) in [6.45, 7) is 0.813. The molecule has 0 fully saturated rings. The molecule has 0 aromatic carbocycles. The van der Waals surface area contributed by atoms with Gasteiger partial charge in [0.15, 0.2) is 0 Å². The van der Waals surface area contributed by atoms with Crippen molar-refractivity contribution < 1.29 is 5.11 Å². The van der Waals surface area contributed by atoms with E-state index >= 15 is 0 Å². The second-order valence-electron chi connectivity index (χ2n) is 1.56. The molecule has 0 radical (unpaired) electrons. The van der Waals surface area contributed by atoms with Crippen LogP contribution in [0.15, 0.2) is 17.3 Å². The zero-order chi connectivity index (χ0) is 5.82. The molecule has 1 heterocycles. The topological polar surface area (TPSA) is 35.8 Å². The maximum absolute atomic E-state index is 8.49. The highest BCUT2D eigenvalue weighted by molar-refractivity contribution is 5.57. The summed E-state index contributed by atoms with van der Waals surface area (Å²) in [4.78, 5) is 5.48. The molecule has 8 heavy (non-hydrogen) atoms. The molecule has 0 amide bonds. The van der Waals surface area contributed by atoms with Crippen LogP contribution in [0.1, 0.15) is 0 Å². The predicted molar refractivity (Wildman–Crippen MR) is 31.4 cm³/mol. The smallest absolute Gasteiger partial charge is 0.116 e. The summed E-state index contributed by atoms with van der Waals surface area (Å²) in [5.74, 6) is 0. The van der Waals surface area contributed by atoms with E-state index in [1.807, 2.05) is 6.08 Å². The number of aliphatic imine (C=N–C) groups is 1. The third-order valence-electron chi connectivity index (χ3n) is 0.943. The molecule has 0 aromatic rings. The van der Waals surface area contributed by atoms with Crippen LogP contribution in [-0.2, 0) is 0 Å². The normalized spacial score (nSPS) is 17.4. The largest absolute Gasteiger partial charge is 0.376 e. The van der Waals surface area contributed by atoms with Crippen LogP contribution in [0.4, 0.5) is 0 Å². The van der Waals surface area contributed by atoms with Crippen molar-refractivity contribution >= 4 is 6.34 Å². The lowest BCUT2D eigenvalue weighted by molar-refractivity contribution is 0.183. The molecule has 0 aliphatic carbocycles. The van der Waals surface area contributed by atoms with Crippen molar-refractivity contribution in [1.82, 2.24) is 4.90 Å². The minimum Gasteiger partial charge on any atom is -0.376 e. The molecule has 1 aliphatic rings. The Morgan fingerprint density at radius 2 is 2.62 bits per heavy atom. The second-order valence-corrected chi connectivity index (χ2v) is 1.56. The van der Waals surface area contributed by atoms with Crippen molar-refractivity contribution in [3.63, 3.8) is 0 Å². The fourth-order valence-electron chi connectivity index (χ4n) is 0.518. The molecule has 0 unspecified atom stereocenters. The zero-order valence-corrected chi connectivity index (χ0v) is 4.49. The SMILES string of the molecule is OCN1C=NC=CC1. The zero-order valence-electron chi connectivity index (χ0n) is 4.49. The molecule has 3 nitrogen and oxygen atoms in total. The van der Waals surface area contributed by atoms with E-state index in [1.54, 1.807) is 17.4 Å². The van der Waals surface area contributed by atoms with E-state index in [0.29, 0.717) is 0 Å². The monoisotopic (exact) mass is 112 g/mol. The maximum Gasteiger partial charge on any atom is 0.116 e. The van der Waals surface area contributed by atoms with Gasteiger partial charge in [-0.25, -0.2) is 4.99 Å². The van der Waals surface area contributed by atoms with Crippen molar-refractivity contribution in [2.24, 2.45) is 4.99 Å². The van der Waals surface area contributed by atoms with E-state index < -0.39 is 0 Å². The molecule has 0 saturated heterocycles. The highest BCUT2D eigenvalue weighted by Gasteiger charge is 1.94. The number of aliphatic hydroxyl groups excluding tert-OH is 1. The van der Waals surface area contributed by atoms with Crippen molar-refractivity contribution in [2.45, 2.75) is 0 Å². The summed E-state index contributed by atoms with van der Waals surface area (Å²) in [6.07, 6.45) is 5.21. The molecule has 1 aliphatic heterocycles. The summed E-state index contributed by atoms with van der Waals surface area (Å²) in [5, 5.41) is 8.49. The first kappa shape index (κ1) is 5.31. The van der Waals surface area contributed by atoms with Gasteiger partial charge in [0.05, 0.1) is 6.34 Å². The van der Waals surface area contributed by atoms with Crippen LogP contribution in [-0.4, -0.2) is 29.6 Å². The van der Waals surface area contributed by atoms with Crippen LogP contribution in [0, 0.1) is 0 Å². The number of hydrogen-bond acceptors (Lipinski definition) is 3. The molecular formula is C5H8N2O. The van der Waals surface area contributed by atoms with Crippen LogP contribution < -0.4 is 0 Å². The van der Waals surface area contributed by atoms with Gasteiger partial charge in [0.2, 0.25) is 0 Å². The van der Waals surface area contributed by atoms with Crippen molar-refractivity contribution in [2.75, 3.05) is 13.3 Å². The van der Waals surface area contributed by atoms with E-state index in [-0.39, 0.29) is 6.73 Å². The Morgan fingerprint density at radius 3 is 3.00 bits per heavy atom. The Hall–Kier alpha value is -0.830.